The van der Waals surface area contributed by atoms with Gasteiger partial charge < -0.3 is 5.32 Å². The van der Waals surface area contributed by atoms with Gasteiger partial charge >= 0.3 is 0 Å². The number of carbonyl (C=O) groups is 1. The Bertz CT molecular complexity index is 1090. The molecule has 1 aromatic carbocycles. The van der Waals surface area contributed by atoms with Gasteiger partial charge in [0, 0.05) is 29.2 Å². The Morgan fingerprint density at radius 3 is 2.67 bits per heavy atom. The maximum Gasteiger partial charge on any atom is 0.272 e. The average molecular weight is 377 g/mol. The Balaban J connectivity index is 1.75. The van der Waals surface area contributed by atoms with Gasteiger partial charge in [0.2, 0.25) is 0 Å². The van der Waals surface area contributed by atoms with E-state index in [0.717, 1.165) is 16.8 Å². The predicted molar refractivity (Wildman–Crippen MR) is 106 cm³/mol. The van der Waals surface area contributed by atoms with Crippen molar-refractivity contribution in [2.24, 2.45) is 0 Å². The van der Waals surface area contributed by atoms with Gasteiger partial charge in [0.1, 0.15) is 5.65 Å². The summed E-state index contributed by atoms with van der Waals surface area (Å²) in [5, 5.41) is 3.66. The Hall–Kier alpha value is -3.18. The smallest absolute Gasteiger partial charge is 0.272 e. The Morgan fingerprint density at radius 1 is 1.11 bits per heavy atom. The summed E-state index contributed by atoms with van der Waals surface area (Å²) in [4.78, 5) is 21.7. The van der Waals surface area contributed by atoms with Crippen LogP contribution in [0.25, 0.3) is 16.9 Å². The van der Waals surface area contributed by atoms with Crippen molar-refractivity contribution >= 4 is 23.2 Å². The highest BCUT2D eigenvalue weighted by molar-refractivity contribution is 6.30. The number of pyridine rings is 2. The van der Waals surface area contributed by atoms with E-state index in [1.165, 1.54) is 0 Å². The number of aromatic nitrogens is 3. The Labute approximate surface area is 161 Å². The van der Waals surface area contributed by atoms with Gasteiger partial charge in [0.15, 0.2) is 5.69 Å². The molecule has 4 rings (SSSR count). The van der Waals surface area contributed by atoms with E-state index in [0.29, 0.717) is 16.4 Å². The molecule has 0 unspecified atom stereocenters. The zero-order valence-corrected chi connectivity index (χ0v) is 15.4. The van der Waals surface area contributed by atoms with Crippen LogP contribution in [-0.2, 0) is 0 Å². The van der Waals surface area contributed by atoms with E-state index in [9.17, 15) is 4.79 Å². The van der Waals surface area contributed by atoms with Crippen LogP contribution in [0.15, 0.2) is 73.2 Å². The van der Waals surface area contributed by atoms with Crippen molar-refractivity contribution in [1.82, 2.24) is 19.7 Å². The molecule has 0 spiro atoms. The highest BCUT2D eigenvalue weighted by Crippen LogP contribution is 2.27. The molecule has 6 heteroatoms. The van der Waals surface area contributed by atoms with Crippen LogP contribution in [0.2, 0.25) is 5.02 Å². The largest absolute Gasteiger partial charge is 0.344 e. The fourth-order valence-corrected chi connectivity index (χ4v) is 3.14. The number of carbonyl (C=O) groups excluding carboxylic acids is 1. The number of benzene rings is 1. The number of hydrogen-bond acceptors (Lipinski definition) is 3. The molecule has 0 aliphatic rings. The van der Waals surface area contributed by atoms with E-state index >= 15 is 0 Å². The molecular formula is C21H17ClN4O. The van der Waals surface area contributed by atoms with E-state index in [1.807, 2.05) is 60.0 Å². The molecule has 0 fully saturated rings. The van der Waals surface area contributed by atoms with Crippen LogP contribution in [0.5, 0.6) is 0 Å². The summed E-state index contributed by atoms with van der Waals surface area (Å²) in [6.45, 7) is 1.92. The number of fused-ring (bicyclic) bond motifs is 1. The summed E-state index contributed by atoms with van der Waals surface area (Å²) < 4.78 is 1.91. The van der Waals surface area contributed by atoms with Gasteiger partial charge in [-0.25, -0.2) is 4.98 Å². The minimum atomic E-state index is -0.236. The van der Waals surface area contributed by atoms with Gasteiger partial charge in [-0.15, -0.1) is 0 Å². The summed E-state index contributed by atoms with van der Waals surface area (Å²) in [5.41, 5.74) is 3.62. The third kappa shape index (κ3) is 3.41. The highest BCUT2D eigenvalue weighted by Gasteiger charge is 2.21. The molecule has 0 saturated carbocycles. The molecule has 0 radical (unpaired) electrons. The number of nitrogens with one attached hydrogen (secondary N) is 1. The second-order valence-corrected chi connectivity index (χ2v) is 6.66. The molecule has 1 amide bonds. The molecule has 5 nitrogen and oxygen atoms in total. The van der Waals surface area contributed by atoms with Crippen molar-refractivity contribution in [3.63, 3.8) is 0 Å². The van der Waals surface area contributed by atoms with Gasteiger partial charge in [-0.3, -0.25) is 14.2 Å². The predicted octanol–water partition coefficient (Wildman–Crippen LogP) is 4.54. The van der Waals surface area contributed by atoms with E-state index in [4.69, 9.17) is 11.6 Å². The van der Waals surface area contributed by atoms with E-state index in [1.54, 1.807) is 24.5 Å². The number of imidazole rings is 1. The molecular weight excluding hydrogens is 360 g/mol. The number of amides is 1. The van der Waals surface area contributed by atoms with Crippen molar-refractivity contribution in [2.45, 2.75) is 13.0 Å². The van der Waals surface area contributed by atoms with Crippen LogP contribution >= 0.6 is 11.6 Å². The zero-order valence-electron chi connectivity index (χ0n) is 14.6. The standard InChI is InChI=1S/C21H17ClN4O/c1-14(16-5-4-11-23-13-16)24-21(27)19-20(15-7-9-17(22)10-8-15)26-12-3-2-6-18(26)25-19/h2-14H,1H3,(H,24,27)/t14-/m1/s1. The van der Waals surface area contributed by atoms with Gasteiger partial charge in [-0.2, -0.15) is 0 Å². The Kier molecular flexibility index (Phi) is 4.60. The molecule has 3 heterocycles. The van der Waals surface area contributed by atoms with Gasteiger partial charge in [-0.1, -0.05) is 35.9 Å². The molecule has 1 atom stereocenters. The minimum absolute atomic E-state index is 0.186. The molecule has 0 aliphatic carbocycles. The average Bonchev–Trinajstić information content (AvgIpc) is 3.09. The van der Waals surface area contributed by atoms with Crippen LogP contribution < -0.4 is 5.32 Å². The van der Waals surface area contributed by atoms with Gasteiger partial charge in [-0.05, 0) is 42.8 Å². The van der Waals surface area contributed by atoms with Crippen molar-refractivity contribution in [1.29, 1.82) is 0 Å². The van der Waals surface area contributed by atoms with E-state index in [2.05, 4.69) is 15.3 Å². The summed E-state index contributed by atoms with van der Waals surface area (Å²) in [7, 11) is 0. The first-order chi connectivity index (χ1) is 13.1. The summed E-state index contributed by atoms with van der Waals surface area (Å²) in [5.74, 6) is -0.236. The first-order valence-electron chi connectivity index (χ1n) is 8.57. The van der Waals surface area contributed by atoms with Crippen LogP contribution in [0.1, 0.15) is 29.0 Å². The molecule has 4 aromatic rings. The second kappa shape index (κ2) is 7.21. The molecule has 3 aromatic heterocycles. The van der Waals surface area contributed by atoms with Crippen LogP contribution in [-0.4, -0.2) is 20.3 Å². The van der Waals surface area contributed by atoms with Crippen molar-refractivity contribution in [2.75, 3.05) is 0 Å². The summed E-state index contributed by atoms with van der Waals surface area (Å²) in [6.07, 6.45) is 5.35. The molecule has 0 bridgehead atoms. The lowest BCUT2D eigenvalue weighted by atomic mass is 10.1. The number of rotatable bonds is 4. The lowest BCUT2D eigenvalue weighted by Gasteiger charge is -2.13. The normalized spacial score (nSPS) is 12.1. The maximum atomic E-state index is 13.0. The monoisotopic (exact) mass is 376 g/mol. The number of hydrogen-bond donors (Lipinski definition) is 1. The maximum absolute atomic E-state index is 13.0. The van der Waals surface area contributed by atoms with Crippen molar-refractivity contribution in [3.8, 4) is 11.3 Å². The summed E-state index contributed by atoms with van der Waals surface area (Å²) >= 11 is 6.02. The van der Waals surface area contributed by atoms with Crippen molar-refractivity contribution < 1.29 is 4.79 Å². The highest BCUT2D eigenvalue weighted by atomic mass is 35.5. The van der Waals surface area contributed by atoms with Gasteiger partial charge in [0.25, 0.3) is 5.91 Å². The van der Waals surface area contributed by atoms with Crippen LogP contribution in [0.3, 0.4) is 0 Å². The molecule has 27 heavy (non-hydrogen) atoms. The molecule has 1 N–H and O–H groups in total. The third-order valence-corrected chi connectivity index (χ3v) is 4.65. The first-order valence-corrected chi connectivity index (χ1v) is 8.95. The lowest BCUT2D eigenvalue weighted by Crippen LogP contribution is -2.27. The SMILES string of the molecule is C[C@@H](NC(=O)c1nc2ccccn2c1-c1ccc(Cl)cc1)c1cccnc1. The van der Waals surface area contributed by atoms with Crippen LogP contribution in [0.4, 0.5) is 0 Å². The first kappa shape index (κ1) is 17.2. The third-order valence-electron chi connectivity index (χ3n) is 4.39. The lowest BCUT2D eigenvalue weighted by molar-refractivity contribution is 0.0936. The summed E-state index contributed by atoms with van der Waals surface area (Å²) in [6, 6.07) is 16.7. The van der Waals surface area contributed by atoms with E-state index in [-0.39, 0.29) is 11.9 Å². The quantitative estimate of drug-likeness (QED) is 0.568. The molecule has 0 aliphatic heterocycles. The number of halogens is 1. The van der Waals surface area contributed by atoms with Crippen molar-refractivity contribution in [3.05, 3.63) is 89.5 Å². The minimum Gasteiger partial charge on any atom is -0.344 e. The van der Waals surface area contributed by atoms with Gasteiger partial charge in [0.05, 0.1) is 11.7 Å². The van der Waals surface area contributed by atoms with Crippen LogP contribution in [0, 0.1) is 0 Å². The second-order valence-electron chi connectivity index (χ2n) is 6.23. The molecule has 134 valence electrons. The Morgan fingerprint density at radius 2 is 1.93 bits per heavy atom. The molecule has 0 saturated heterocycles. The van der Waals surface area contributed by atoms with E-state index < -0.39 is 0 Å². The topological polar surface area (TPSA) is 59.3 Å². The number of nitrogens with zero attached hydrogens (tertiary/aromatic N) is 3. The zero-order chi connectivity index (χ0) is 18.8. The fourth-order valence-electron chi connectivity index (χ4n) is 3.02. The fraction of sp³-hybridized carbons (Fsp3) is 0.0952.